The Morgan fingerprint density at radius 1 is 0.877 bits per heavy atom. The lowest BCUT2D eigenvalue weighted by molar-refractivity contribution is -0.138. The van der Waals surface area contributed by atoms with Crippen molar-refractivity contribution in [3.05, 3.63) is 124 Å². The van der Waals surface area contributed by atoms with Gasteiger partial charge in [0.1, 0.15) is 5.75 Å². The van der Waals surface area contributed by atoms with Crippen LogP contribution in [0.2, 0.25) is 10.0 Å². The molecule has 0 spiro atoms. The number of anilines is 3. The van der Waals surface area contributed by atoms with E-state index in [-0.39, 0.29) is 35.0 Å². The minimum Gasteiger partial charge on any atom is -0.505 e. The van der Waals surface area contributed by atoms with Crippen molar-refractivity contribution in [1.29, 1.82) is 0 Å². The van der Waals surface area contributed by atoms with Gasteiger partial charge in [-0.3, -0.25) is 29.5 Å². The van der Waals surface area contributed by atoms with E-state index in [0.29, 0.717) is 40.8 Å². The lowest BCUT2D eigenvalue weighted by Gasteiger charge is -2.50. The van der Waals surface area contributed by atoms with E-state index in [2.05, 4.69) is 10.3 Å². The zero-order chi connectivity index (χ0) is 39.7. The predicted octanol–water partition coefficient (Wildman–Crippen LogP) is 6.87. The van der Waals surface area contributed by atoms with Gasteiger partial charge in [0.25, 0.3) is 11.8 Å². The van der Waals surface area contributed by atoms with Crippen LogP contribution in [0.3, 0.4) is 0 Å². The Kier molecular flexibility index (Phi) is 9.25. The molecule has 4 aromatic rings. The molecule has 6 unspecified atom stereocenters. The lowest BCUT2D eigenvalue weighted by atomic mass is 9.49. The number of rotatable bonds is 7. The fraction of sp³-hybridized carbons (Fsp3) is 0.302. The molecule has 0 radical (unpaired) electrons. The van der Waals surface area contributed by atoms with Crippen LogP contribution in [0, 0.1) is 29.5 Å². The van der Waals surface area contributed by atoms with E-state index < -0.39 is 64.3 Å². The van der Waals surface area contributed by atoms with Crippen molar-refractivity contribution in [2.45, 2.75) is 24.2 Å². The molecule has 0 bridgehead atoms. The highest BCUT2D eigenvalue weighted by Crippen LogP contribution is 2.65. The Balaban J connectivity index is 1.18. The SMILES string of the molecule is COc1ccc(C23C(=O)N(Nc4ccc(Cl)cc4Cl)C(=O)C2CC2C(=CCC4C(=O)N(c5ccc(N6CCOCC6)cc5)C(=O)C42)C3c2cccc(F)c2O)cc1. The zero-order valence-electron chi connectivity index (χ0n) is 30.7. The second-order valence-electron chi connectivity index (χ2n) is 15.0. The van der Waals surface area contributed by atoms with Crippen LogP contribution in [0.25, 0.3) is 0 Å². The van der Waals surface area contributed by atoms with Crippen molar-refractivity contribution in [3.63, 3.8) is 0 Å². The fourth-order valence-corrected chi connectivity index (χ4v) is 10.3. The second kappa shape index (κ2) is 14.2. The Bertz CT molecular complexity index is 2350. The van der Waals surface area contributed by atoms with E-state index in [9.17, 15) is 19.5 Å². The number of aromatic hydroxyl groups is 1. The maximum absolute atomic E-state index is 15.5. The Morgan fingerprint density at radius 2 is 1.60 bits per heavy atom. The van der Waals surface area contributed by atoms with E-state index in [1.54, 1.807) is 48.5 Å². The standard InChI is InChI=1S/C43H37Cl2FN4O7/c1-56-27-12-5-23(6-13-27)43-32(40(53)50(42(43)55)47-35-16-7-24(44)21-33(35)45)22-31-28(37(43)30-3-2-4-34(46)38(30)51)14-15-29-36(31)41(54)49(39(29)52)26-10-8-25(9-11-26)48-17-19-57-20-18-48/h2-14,16,21,29,31-32,36-37,47,51H,15,17-20,22H2,1H3. The molecule has 4 aromatic carbocycles. The number of phenols is 1. The highest BCUT2D eigenvalue weighted by molar-refractivity contribution is 6.36. The number of fused-ring (bicyclic) bond motifs is 4. The van der Waals surface area contributed by atoms with Gasteiger partial charge in [-0.2, -0.15) is 5.01 Å². The molecule has 3 aliphatic heterocycles. The Morgan fingerprint density at radius 3 is 2.30 bits per heavy atom. The van der Waals surface area contributed by atoms with Crippen LogP contribution in [0.5, 0.6) is 11.5 Å². The van der Waals surface area contributed by atoms with Gasteiger partial charge in [-0.15, -0.1) is 0 Å². The molecule has 6 atom stereocenters. The molecule has 57 heavy (non-hydrogen) atoms. The normalized spacial score (nSPS) is 26.9. The van der Waals surface area contributed by atoms with Gasteiger partial charge in [-0.25, -0.2) is 4.39 Å². The third kappa shape index (κ3) is 5.71. The van der Waals surface area contributed by atoms with Gasteiger partial charge in [-0.1, -0.05) is 59.1 Å². The van der Waals surface area contributed by atoms with Crippen LogP contribution in [-0.4, -0.2) is 67.2 Å². The van der Waals surface area contributed by atoms with Crippen LogP contribution in [0.1, 0.15) is 29.9 Å². The number of hydrogen-bond acceptors (Lipinski definition) is 9. The number of nitrogens with one attached hydrogen (secondary N) is 1. The van der Waals surface area contributed by atoms with Crippen molar-refractivity contribution in [2.24, 2.45) is 23.7 Å². The number of amides is 4. The smallest absolute Gasteiger partial charge is 0.260 e. The molecule has 3 saturated heterocycles. The van der Waals surface area contributed by atoms with E-state index in [0.717, 1.165) is 29.9 Å². The van der Waals surface area contributed by atoms with E-state index in [4.69, 9.17) is 32.7 Å². The molecule has 14 heteroatoms. The molecular formula is C43H37Cl2FN4O7. The molecule has 4 fully saturated rings. The quantitative estimate of drug-likeness (QED) is 0.152. The summed E-state index contributed by atoms with van der Waals surface area (Å²) in [7, 11) is 1.51. The summed E-state index contributed by atoms with van der Waals surface area (Å²) in [5.74, 6) is -7.79. The molecule has 3 heterocycles. The fourth-order valence-electron chi connectivity index (χ4n) is 9.84. The molecule has 11 nitrogen and oxygen atoms in total. The summed E-state index contributed by atoms with van der Waals surface area (Å²) in [4.78, 5) is 62.7. The minimum atomic E-state index is -1.75. The zero-order valence-corrected chi connectivity index (χ0v) is 32.2. The third-order valence-electron chi connectivity index (χ3n) is 12.4. The summed E-state index contributed by atoms with van der Waals surface area (Å²) < 4.78 is 26.4. The number of phenolic OH excluding ortho intramolecular Hbond substituents is 1. The average Bonchev–Trinajstić information content (AvgIpc) is 3.61. The van der Waals surface area contributed by atoms with Crippen molar-refractivity contribution >= 4 is 63.9 Å². The number of methoxy groups -OCH3 is 1. The first-order valence-corrected chi connectivity index (χ1v) is 19.5. The average molecular weight is 812 g/mol. The number of carbonyl (C=O) groups is 4. The molecule has 2 N–H and O–H groups in total. The topological polar surface area (TPSA) is 129 Å². The van der Waals surface area contributed by atoms with Crippen LogP contribution < -0.4 is 20.0 Å². The lowest BCUT2D eigenvalue weighted by Crippen LogP contribution is -2.53. The van der Waals surface area contributed by atoms with Gasteiger partial charge in [0.05, 0.1) is 59.9 Å². The number of ether oxygens (including phenoxy) is 2. The molecule has 4 amide bonds. The summed E-state index contributed by atoms with van der Waals surface area (Å²) in [6.45, 7) is 2.67. The molecule has 2 aliphatic carbocycles. The summed E-state index contributed by atoms with van der Waals surface area (Å²) in [6, 6.07) is 22.7. The number of morpholine rings is 1. The van der Waals surface area contributed by atoms with Gasteiger partial charge in [0, 0.05) is 35.3 Å². The number of imide groups is 2. The van der Waals surface area contributed by atoms with Crippen molar-refractivity contribution in [3.8, 4) is 11.5 Å². The van der Waals surface area contributed by atoms with Crippen molar-refractivity contribution < 1.29 is 38.1 Å². The largest absolute Gasteiger partial charge is 0.505 e. The first kappa shape index (κ1) is 37.2. The molecule has 1 saturated carbocycles. The highest BCUT2D eigenvalue weighted by Gasteiger charge is 2.70. The number of hydrogen-bond donors (Lipinski definition) is 2. The second-order valence-corrected chi connectivity index (χ2v) is 15.9. The van der Waals surface area contributed by atoms with Gasteiger partial charge in [0.15, 0.2) is 11.6 Å². The third-order valence-corrected chi connectivity index (χ3v) is 12.9. The van der Waals surface area contributed by atoms with Crippen LogP contribution in [-0.2, 0) is 29.3 Å². The van der Waals surface area contributed by atoms with Crippen molar-refractivity contribution in [2.75, 3.05) is 48.6 Å². The van der Waals surface area contributed by atoms with E-state index in [1.807, 2.05) is 18.2 Å². The van der Waals surface area contributed by atoms with E-state index in [1.165, 1.54) is 30.2 Å². The number of halogens is 3. The van der Waals surface area contributed by atoms with E-state index >= 15 is 9.18 Å². The predicted molar refractivity (Wildman–Crippen MR) is 211 cm³/mol. The molecule has 0 aromatic heterocycles. The highest BCUT2D eigenvalue weighted by atomic mass is 35.5. The van der Waals surface area contributed by atoms with Gasteiger partial charge in [0.2, 0.25) is 11.8 Å². The first-order valence-electron chi connectivity index (χ1n) is 18.8. The number of carbonyl (C=O) groups excluding carboxylic acids is 4. The number of nitrogens with zero attached hydrogens (tertiary/aromatic N) is 3. The van der Waals surface area contributed by atoms with Gasteiger partial charge < -0.3 is 19.5 Å². The minimum absolute atomic E-state index is 0.00550. The van der Waals surface area contributed by atoms with Gasteiger partial charge in [-0.05, 0) is 85.0 Å². The summed E-state index contributed by atoms with van der Waals surface area (Å²) >= 11 is 12.7. The van der Waals surface area contributed by atoms with Crippen LogP contribution >= 0.6 is 23.2 Å². The maximum Gasteiger partial charge on any atom is 0.260 e. The molecule has 5 aliphatic rings. The summed E-state index contributed by atoms with van der Waals surface area (Å²) in [6.07, 6.45) is 2.01. The maximum atomic E-state index is 15.5. The van der Waals surface area contributed by atoms with Crippen LogP contribution in [0.4, 0.5) is 21.5 Å². The molecule has 9 rings (SSSR count). The summed E-state index contributed by atoms with van der Waals surface area (Å²) in [5, 5.41) is 12.9. The number of allylic oxidation sites excluding steroid dienone is 2. The number of hydrazine groups is 1. The number of para-hydroxylation sites is 1. The van der Waals surface area contributed by atoms with Crippen molar-refractivity contribution in [1.82, 2.24) is 5.01 Å². The molecular weight excluding hydrogens is 774 g/mol. The number of benzene rings is 4. The first-order chi connectivity index (χ1) is 27.5. The van der Waals surface area contributed by atoms with Crippen LogP contribution in [0.15, 0.2) is 96.6 Å². The summed E-state index contributed by atoms with van der Waals surface area (Å²) in [5.41, 5.74) is 3.86. The molecule has 292 valence electrons. The Labute approximate surface area is 337 Å². The van der Waals surface area contributed by atoms with Gasteiger partial charge >= 0.3 is 0 Å². The Hall–Kier alpha value is -5.43. The monoisotopic (exact) mass is 810 g/mol.